The predicted octanol–water partition coefficient (Wildman–Crippen LogP) is 3.50. The van der Waals surface area contributed by atoms with Crippen molar-refractivity contribution in [1.82, 2.24) is 0 Å². The number of carbonyl (C=O) groups excluding carboxylic acids is 1. The highest BCUT2D eigenvalue weighted by Gasteiger charge is 2.18. The first-order valence-corrected chi connectivity index (χ1v) is 6.51. The lowest BCUT2D eigenvalue weighted by atomic mass is 10.1. The normalized spacial score (nSPS) is 10.1. The minimum absolute atomic E-state index is 0.285. The summed E-state index contributed by atoms with van der Waals surface area (Å²) in [5, 5.41) is 0.295. The first-order valence-electron chi connectivity index (χ1n) is 4.31. The fraction of sp³-hybridized carbons (Fsp3) is 0.300. The summed E-state index contributed by atoms with van der Waals surface area (Å²) in [7, 11) is 0. The third kappa shape index (κ3) is 2.90. The second kappa shape index (κ2) is 5.79. The lowest BCUT2D eigenvalue weighted by Gasteiger charge is -2.09. The molecule has 0 saturated heterocycles. The molecular weight excluding hydrogens is 378 g/mol. The number of halogens is 3. The molecule has 0 aliphatic heterocycles. The van der Waals surface area contributed by atoms with Gasteiger partial charge in [0.25, 0.3) is 0 Å². The van der Waals surface area contributed by atoms with Crippen molar-refractivity contribution in [1.29, 1.82) is 0 Å². The van der Waals surface area contributed by atoms with Crippen LogP contribution in [-0.4, -0.2) is 12.6 Å². The van der Waals surface area contributed by atoms with E-state index in [4.69, 9.17) is 4.74 Å². The van der Waals surface area contributed by atoms with Gasteiger partial charge in [0, 0.05) is 14.5 Å². The summed E-state index contributed by atoms with van der Waals surface area (Å²) in [6, 6.07) is 2.91. The van der Waals surface area contributed by atoms with E-state index in [0.29, 0.717) is 20.0 Å². The van der Waals surface area contributed by atoms with Crippen LogP contribution < -0.4 is 0 Å². The molecule has 0 atom stereocenters. The number of benzene rings is 1. The summed E-state index contributed by atoms with van der Waals surface area (Å²) < 4.78 is 19.0. The molecule has 0 spiro atoms. The highest BCUT2D eigenvalue weighted by Crippen LogP contribution is 2.23. The van der Waals surface area contributed by atoms with Gasteiger partial charge < -0.3 is 4.74 Å². The van der Waals surface area contributed by atoms with Crippen molar-refractivity contribution in [3.8, 4) is 0 Å². The first-order chi connectivity index (χ1) is 7.11. The van der Waals surface area contributed by atoms with Crippen molar-refractivity contribution >= 4 is 44.5 Å². The third-order valence-electron chi connectivity index (χ3n) is 1.82. The summed E-state index contributed by atoms with van der Waals surface area (Å²) >= 11 is 5.15. The Balaban J connectivity index is 3.24. The Morgan fingerprint density at radius 2 is 2.27 bits per heavy atom. The maximum absolute atomic E-state index is 13.4. The van der Waals surface area contributed by atoms with E-state index < -0.39 is 11.8 Å². The van der Waals surface area contributed by atoms with E-state index in [0.717, 1.165) is 0 Å². The lowest BCUT2D eigenvalue weighted by molar-refractivity contribution is 0.0523. The Hall–Kier alpha value is -0.170. The Kier molecular flexibility index (Phi) is 4.98. The fourth-order valence-electron chi connectivity index (χ4n) is 1.15. The van der Waals surface area contributed by atoms with E-state index in [1.165, 1.54) is 6.07 Å². The van der Waals surface area contributed by atoms with Crippen molar-refractivity contribution in [2.75, 3.05) is 6.61 Å². The van der Waals surface area contributed by atoms with Crippen molar-refractivity contribution in [2.45, 2.75) is 12.3 Å². The Labute approximate surface area is 109 Å². The Morgan fingerprint density at radius 1 is 1.60 bits per heavy atom. The van der Waals surface area contributed by atoms with Crippen LogP contribution in [-0.2, 0) is 10.1 Å². The van der Waals surface area contributed by atoms with E-state index in [2.05, 4.69) is 15.9 Å². The molecule has 0 unspecified atom stereocenters. The average Bonchev–Trinajstić information content (AvgIpc) is 2.21. The quantitative estimate of drug-likeness (QED) is 0.451. The molecule has 1 aromatic carbocycles. The molecule has 0 bridgehead atoms. The van der Waals surface area contributed by atoms with Crippen LogP contribution in [0.3, 0.4) is 0 Å². The minimum atomic E-state index is -0.476. The van der Waals surface area contributed by atoms with Gasteiger partial charge in [0.05, 0.1) is 12.2 Å². The standard InChI is InChI=1S/C10H9BrFIO2/c1-2-15-10(14)9-6(5-11)7(12)3-4-8(9)13/h3-4H,2,5H2,1H3. The van der Waals surface area contributed by atoms with Crippen LogP contribution in [0.1, 0.15) is 22.8 Å². The van der Waals surface area contributed by atoms with Gasteiger partial charge in [0.1, 0.15) is 5.82 Å². The van der Waals surface area contributed by atoms with Gasteiger partial charge in [-0.15, -0.1) is 0 Å². The molecule has 0 aliphatic carbocycles. The molecule has 0 fully saturated rings. The second-order valence-electron chi connectivity index (χ2n) is 2.74. The monoisotopic (exact) mass is 386 g/mol. The maximum atomic E-state index is 13.4. The van der Waals surface area contributed by atoms with Crippen LogP contribution in [0.4, 0.5) is 4.39 Å². The molecule has 0 radical (unpaired) electrons. The second-order valence-corrected chi connectivity index (χ2v) is 4.46. The van der Waals surface area contributed by atoms with Crippen LogP contribution in [0.2, 0.25) is 0 Å². The molecule has 5 heteroatoms. The smallest absolute Gasteiger partial charge is 0.339 e. The molecule has 2 nitrogen and oxygen atoms in total. The van der Waals surface area contributed by atoms with E-state index in [-0.39, 0.29) is 6.61 Å². The molecule has 0 N–H and O–H groups in total. The molecular formula is C10H9BrFIO2. The molecule has 0 aromatic heterocycles. The topological polar surface area (TPSA) is 26.3 Å². The number of alkyl halides is 1. The summed E-state index contributed by atoms with van der Waals surface area (Å²) in [6.07, 6.45) is 0. The first kappa shape index (κ1) is 12.9. The van der Waals surface area contributed by atoms with Crippen LogP contribution in [0.5, 0.6) is 0 Å². The van der Waals surface area contributed by atoms with E-state index in [1.54, 1.807) is 13.0 Å². The van der Waals surface area contributed by atoms with E-state index in [9.17, 15) is 9.18 Å². The van der Waals surface area contributed by atoms with Crippen molar-refractivity contribution < 1.29 is 13.9 Å². The summed E-state index contributed by atoms with van der Waals surface area (Å²) in [4.78, 5) is 11.6. The summed E-state index contributed by atoms with van der Waals surface area (Å²) in [5.74, 6) is -0.869. The van der Waals surface area contributed by atoms with Crippen LogP contribution in [0.25, 0.3) is 0 Å². The molecule has 0 saturated carbocycles. The number of hydrogen-bond acceptors (Lipinski definition) is 2. The fourth-order valence-corrected chi connectivity index (χ4v) is 2.42. The molecule has 82 valence electrons. The Bertz CT molecular complexity index is 382. The van der Waals surface area contributed by atoms with Crippen molar-refractivity contribution in [2.24, 2.45) is 0 Å². The molecule has 0 heterocycles. The van der Waals surface area contributed by atoms with Gasteiger partial charge in [-0.25, -0.2) is 9.18 Å². The van der Waals surface area contributed by atoms with Gasteiger partial charge in [0.15, 0.2) is 0 Å². The summed E-state index contributed by atoms with van der Waals surface area (Å²) in [5.41, 5.74) is 0.662. The van der Waals surface area contributed by atoms with Crippen LogP contribution in [0, 0.1) is 9.39 Å². The highest BCUT2D eigenvalue weighted by molar-refractivity contribution is 14.1. The third-order valence-corrected chi connectivity index (χ3v) is 3.28. The number of rotatable bonds is 3. The van der Waals surface area contributed by atoms with Crippen LogP contribution >= 0.6 is 38.5 Å². The number of ether oxygens (including phenoxy) is 1. The highest BCUT2D eigenvalue weighted by atomic mass is 127. The van der Waals surface area contributed by atoms with Gasteiger partial charge >= 0.3 is 5.97 Å². The molecule has 0 aliphatic rings. The zero-order valence-corrected chi connectivity index (χ0v) is 11.8. The minimum Gasteiger partial charge on any atom is -0.462 e. The van der Waals surface area contributed by atoms with Gasteiger partial charge in [-0.1, -0.05) is 15.9 Å². The number of esters is 1. The van der Waals surface area contributed by atoms with Gasteiger partial charge in [-0.2, -0.15) is 0 Å². The zero-order valence-electron chi connectivity index (χ0n) is 8.02. The zero-order chi connectivity index (χ0) is 11.4. The predicted molar refractivity (Wildman–Crippen MR) is 67.7 cm³/mol. The van der Waals surface area contributed by atoms with Crippen molar-refractivity contribution in [3.63, 3.8) is 0 Å². The molecule has 1 rings (SSSR count). The van der Waals surface area contributed by atoms with Crippen molar-refractivity contribution in [3.05, 3.63) is 32.6 Å². The van der Waals surface area contributed by atoms with Gasteiger partial charge in [-0.3, -0.25) is 0 Å². The maximum Gasteiger partial charge on any atom is 0.339 e. The molecule has 0 amide bonds. The largest absolute Gasteiger partial charge is 0.462 e. The van der Waals surface area contributed by atoms with Gasteiger partial charge in [0.2, 0.25) is 0 Å². The van der Waals surface area contributed by atoms with E-state index in [1.807, 2.05) is 22.6 Å². The number of hydrogen-bond donors (Lipinski definition) is 0. The number of carbonyl (C=O) groups is 1. The van der Waals surface area contributed by atoms with Crippen LogP contribution in [0.15, 0.2) is 12.1 Å². The lowest BCUT2D eigenvalue weighted by Crippen LogP contribution is -2.11. The average molecular weight is 387 g/mol. The molecule has 15 heavy (non-hydrogen) atoms. The summed E-state index contributed by atoms with van der Waals surface area (Å²) in [6.45, 7) is 2.00. The molecule has 1 aromatic rings. The van der Waals surface area contributed by atoms with E-state index >= 15 is 0 Å². The van der Waals surface area contributed by atoms with Gasteiger partial charge in [-0.05, 0) is 41.6 Å². The SMILES string of the molecule is CCOC(=O)c1c(I)ccc(F)c1CBr. The Morgan fingerprint density at radius 3 is 2.80 bits per heavy atom.